The smallest absolute Gasteiger partial charge is 0.240 e. The lowest BCUT2D eigenvalue weighted by Gasteiger charge is -2.36. The van der Waals surface area contributed by atoms with E-state index in [1.807, 2.05) is 0 Å². The van der Waals surface area contributed by atoms with Crippen LogP contribution in [0.3, 0.4) is 0 Å². The van der Waals surface area contributed by atoms with E-state index in [0.29, 0.717) is 0 Å². The first-order valence-electron chi connectivity index (χ1n) is 6.47. The highest BCUT2D eigenvalue weighted by molar-refractivity contribution is 5.81. The van der Waals surface area contributed by atoms with Crippen LogP contribution in [0.25, 0.3) is 0 Å². The molecule has 0 atom stereocenters. The average Bonchev–Trinajstić information content (AvgIpc) is 2.31. The average molecular weight is 225 g/mol. The Morgan fingerprint density at radius 1 is 1.19 bits per heavy atom. The molecule has 0 aromatic carbocycles. The van der Waals surface area contributed by atoms with E-state index in [1.54, 1.807) is 0 Å². The Hall–Kier alpha value is -0.610. The predicted molar refractivity (Wildman–Crippen MR) is 63.8 cm³/mol. The molecule has 92 valence electrons. The van der Waals surface area contributed by atoms with Gasteiger partial charge in [-0.3, -0.25) is 10.2 Å². The van der Waals surface area contributed by atoms with Crippen LogP contribution in [0, 0.1) is 5.41 Å². The van der Waals surface area contributed by atoms with Gasteiger partial charge < -0.3 is 5.32 Å². The normalized spacial score (nSPS) is 26.3. The van der Waals surface area contributed by atoms with E-state index in [9.17, 15) is 4.79 Å². The highest BCUT2D eigenvalue weighted by atomic mass is 16.2. The van der Waals surface area contributed by atoms with Crippen molar-refractivity contribution in [1.82, 2.24) is 15.8 Å². The SMILES string of the molecule is CC1(C(=O)NN2CCCCC2)CCNCC1. The van der Waals surface area contributed by atoms with Crippen molar-refractivity contribution in [3.05, 3.63) is 0 Å². The second-order valence-corrected chi connectivity index (χ2v) is 5.30. The fraction of sp³-hybridized carbons (Fsp3) is 0.917. The Morgan fingerprint density at radius 3 is 2.44 bits per heavy atom. The summed E-state index contributed by atoms with van der Waals surface area (Å²) < 4.78 is 0. The fourth-order valence-electron chi connectivity index (χ4n) is 2.49. The summed E-state index contributed by atoms with van der Waals surface area (Å²) in [5.41, 5.74) is 2.93. The Morgan fingerprint density at radius 2 is 1.81 bits per heavy atom. The maximum atomic E-state index is 12.2. The molecule has 0 saturated carbocycles. The minimum atomic E-state index is -0.164. The standard InChI is InChI=1S/C12H23N3O/c1-12(5-7-13-8-6-12)11(16)14-15-9-3-2-4-10-15/h13H,2-10H2,1H3,(H,14,16). The molecular weight excluding hydrogens is 202 g/mol. The molecule has 2 rings (SSSR count). The maximum absolute atomic E-state index is 12.2. The van der Waals surface area contributed by atoms with Crippen LogP contribution in [0.15, 0.2) is 0 Å². The molecule has 2 saturated heterocycles. The number of carbonyl (C=O) groups excluding carboxylic acids is 1. The van der Waals surface area contributed by atoms with E-state index in [1.165, 1.54) is 19.3 Å². The number of amides is 1. The molecule has 2 aliphatic heterocycles. The number of carbonyl (C=O) groups is 1. The van der Waals surface area contributed by atoms with Crippen LogP contribution in [0.4, 0.5) is 0 Å². The summed E-state index contributed by atoms with van der Waals surface area (Å²) in [6.45, 7) is 6.04. The zero-order valence-electron chi connectivity index (χ0n) is 10.2. The summed E-state index contributed by atoms with van der Waals surface area (Å²) in [5.74, 6) is 0.218. The van der Waals surface area contributed by atoms with Crippen molar-refractivity contribution < 1.29 is 4.79 Å². The van der Waals surface area contributed by atoms with Gasteiger partial charge >= 0.3 is 0 Å². The van der Waals surface area contributed by atoms with E-state index >= 15 is 0 Å². The minimum absolute atomic E-state index is 0.164. The van der Waals surface area contributed by atoms with E-state index in [4.69, 9.17) is 0 Å². The largest absolute Gasteiger partial charge is 0.317 e. The monoisotopic (exact) mass is 225 g/mol. The minimum Gasteiger partial charge on any atom is -0.317 e. The third-order valence-corrected chi connectivity index (χ3v) is 3.87. The van der Waals surface area contributed by atoms with Gasteiger partial charge in [0.25, 0.3) is 0 Å². The molecule has 0 unspecified atom stereocenters. The molecule has 2 heterocycles. The van der Waals surface area contributed by atoms with E-state index in [0.717, 1.165) is 39.0 Å². The van der Waals surface area contributed by atoms with Crippen LogP contribution in [0.5, 0.6) is 0 Å². The molecule has 0 radical (unpaired) electrons. The van der Waals surface area contributed by atoms with Crippen molar-refractivity contribution in [2.24, 2.45) is 5.41 Å². The van der Waals surface area contributed by atoms with Crippen molar-refractivity contribution in [3.63, 3.8) is 0 Å². The van der Waals surface area contributed by atoms with E-state index in [-0.39, 0.29) is 11.3 Å². The molecule has 0 aromatic rings. The molecule has 2 N–H and O–H groups in total. The van der Waals surface area contributed by atoms with Crippen molar-refractivity contribution in [3.8, 4) is 0 Å². The van der Waals surface area contributed by atoms with Crippen LogP contribution in [-0.2, 0) is 4.79 Å². The Labute approximate surface area is 97.7 Å². The molecule has 0 aromatic heterocycles. The van der Waals surface area contributed by atoms with E-state index < -0.39 is 0 Å². The van der Waals surface area contributed by atoms with Crippen molar-refractivity contribution in [2.75, 3.05) is 26.2 Å². The van der Waals surface area contributed by atoms with Gasteiger partial charge in [0.2, 0.25) is 5.91 Å². The topological polar surface area (TPSA) is 44.4 Å². The van der Waals surface area contributed by atoms with Crippen LogP contribution in [0.2, 0.25) is 0 Å². The molecule has 0 aliphatic carbocycles. The summed E-state index contributed by atoms with van der Waals surface area (Å²) in [6, 6.07) is 0. The second-order valence-electron chi connectivity index (χ2n) is 5.30. The number of hydrogen-bond donors (Lipinski definition) is 2. The fourth-order valence-corrected chi connectivity index (χ4v) is 2.49. The summed E-state index contributed by atoms with van der Waals surface area (Å²) >= 11 is 0. The second kappa shape index (κ2) is 5.15. The van der Waals surface area contributed by atoms with Gasteiger partial charge in [0.15, 0.2) is 0 Å². The number of hydrogen-bond acceptors (Lipinski definition) is 3. The zero-order chi connectivity index (χ0) is 11.4. The lowest BCUT2D eigenvalue weighted by molar-refractivity contribution is -0.137. The van der Waals surface area contributed by atoms with Gasteiger partial charge in [0.1, 0.15) is 0 Å². The molecule has 4 heteroatoms. The van der Waals surface area contributed by atoms with Crippen LogP contribution in [0.1, 0.15) is 39.0 Å². The number of piperidine rings is 2. The molecule has 2 aliphatic rings. The summed E-state index contributed by atoms with van der Waals surface area (Å²) in [7, 11) is 0. The molecule has 0 spiro atoms. The number of nitrogens with one attached hydrogen (secondary N) is 2. The molecule has 16 heavy (non-hydrogen) atoms. The van der Waals surface area contributed by atoms with Crippen LogP contribution >= 0.6 is 0 Å². The molecule has 1 amide bonds. The van der Waals surface area contributed by atoms with Gasteiger partial charge in [-0.25, -0.2) is 5.01 Å². The first-order valence-corrected chi connectivity index (χ1v) is 6.47. The van der Waals surface area contributed by atoms with Gasteiger partial charge in [-0.15, -0.1) is 0 Å². The predicted octanol–water partition coefficient (Wildman–Crippen LogP) is 0.893. The summed E-state index contributed by atoms with van der Waals surface area (Å²) in [6.07, 6.45) is 5.62. The van der Waals surface area contributed by atoms with Gasteiger partial charge in [-0.2, -0.15) is 0 Å². The highest BCUT2D eigenvalue weighted by Crippen LogP contribution is 2.28. The lowest BCUT2D eigenvalue weighted by atomic mass is 9.80. The van der Waals surface area contributed by atoms with Gasteiger partial charge in [0, 0.05) is 13.1 Å². The third-order valence-electron chi connectivity index (χ3n) is 3.87. The molecular formula is C12H23N3O. The van der Waals surface area contributed by atoms with Crippen molar-refractivity contribution in [2.45, 2.75) is 39.0 Å². The molecule has 4 nitrogen and oxygen atoms in total. The Balaban J connectivity index is 1.85. The lowest BCUT2D eigenvalue weighted by Crippen LogP contribution is -2.52. The van der Waals surface area contributed by atoms with Crippen molar-refractivity contribution in [1.29, 1.82) is 0 Å². The first kappa shape index (κ1) is 11.9. The summed E-state index contributed by atoms with van der Waals surface area (Å²) in [4.78, 5) is 12.2. The highest BCUT2D eigenvalue weighted by Gasteiger charge is 2.35. The molecule has 2 fully saturated rings. The van der Waals surface area contributed by atoms with Gasteiger partial charge in [-0.05, 0) is 38.8 Å². The first-order chi connectivity index (χ1) is 7.71. The van der Waals surface area contributed by atoms with Crippen molar-refractivity contribution >= 4 is 5.91 Å². The number of rotatable bonds is 2. The third kappa shape index (κ3) is 2.74. The molecule has 0 bridgehead atoms. The van der Waals surface area contributed by atoms with Gasteiger partial charge in [-0.1, -0.05) is 13.3 Å². The van der Waals surface area contributed by atoms with Gasteiger partial charge in [0.05, 0.1) is 5.41 Å². The maximum Gasteiger partial charge on any atom is 0.240 e. The quantitative estimate of drug-likeness (QED) is 0.733. The Bertz CT molecular complexity index is 243. The van der Waals surface area contributed by atoms with E-state index in [2.05, 4.69) is 22.7 Å². The summed E-state index contributed by atoms with van der Waals surface area (Å²) in [5, 5.41) is 5.40. The number of hydrazine groups is 1. The Kier molecular flexibility index (Phi) is 3.82. The zero-order valence-corrected chi connectivity index (χ0v) is 10.2. The number of nitrogens with zero attached hydrogens (tertiary/aromatic N) is 1. The van der Waals surface area contributed by atoms with Crippen LogP contribution in [-0.4, -0.2) is 37.1 Å². The van der Waals surface area contributed by atoms with Crippen LogP contribution < -0.4 is 10.7 Å².